The summed E-state index contributed by atoms with van der Waals surface area (Å²) >= 11 is 11.7. The summed E-state index contributed by atoms with van der Waals surface area (Å²) in [5.41, 5.74) is 0.961. The van der Waals surface area contributed by atoms with Gasteiger partial charge >= 0.3 is 0 Å². The molecule has 2 heterocycles. The third kappa shape index (κ3) is 2.61. The molecule has 0 spiro atoms. The second kappa shape index (κ2) is 4.51. The maximum absolute atomic E-state index is 5.93. The second-order valence-corrected chi connectivity index (χ2v) is 3.76. The van der Waals surface area contributed by atoms with E-state index in [0.29, 0.717) is 22.4 Å². The van der Waals surface area contributed by atoms with Gasteiger partial charge in [0.2, 0.25) is 0 Å². The molecule has 0 aliphatic carbocycles. The van der Waals surface area contributed by atoms with E-state index in [0.717, 1.165) is 5.69 Å². The highest BCUT2D eigenvalue weighted by Crippen LogP contribution is 2.22. The van der Waals surface area contributed by atoms with Gasteiger partial charge in [0.1, 0.15) is 5.82 Å². The van der Waals surface area contributed by atoms with E-state index in [1.54, 1.807) is 18.5 Å². The first-order valence-corrected chi connectivity index (χ1v) is 5.04. The van der Waals surface area contributed by atoms with Crippen molar-refractivity contribution in [1.29, 1.82) is 0 Å². The van der Waals surface area contributed by atoms with Crippen LogP contribution < -0.4 is 5.32 Å². The highest BCUT2D eigenvalue weighted by atomic mass is 35.5. The molecule has 6 heteroatoms. The van der Waals surface area contributed by atoms with Crippen LogP contribution in [0.25, 0.3) is 0 Å². The van der Waals surface area contributed by atoms with Crippen molar-refractivity contribution in [2.75, 3.05) is 5.32 Å². The summed E-state index contributed by atoms with van der Waals surface area (Å²) in [5.74, 6) is 0.607. The molecular formula is C9H8Cl2N4. The molecule has 0 amide bonds. The van der Waals surface area contributed by atoms with Gasteiger partial charge in [-0.1, -0.05) is 23.2 Å². The van der Waals surface area contributed by atoms with E-state index in [-0.39, 0.29) is 0 Å². The summed E-state index contributed by atoms with van der Waals surface area (Å²) in [6.07, 6.45) is 3.23. The molecule has 0 aromatic carbocycles. The van der Waals surface area contributed by atoms with Crippen LogP contribution in [0.5, 0.6) is 0 Å². The zero-order chi connectivity index (χ0) is 10.7. The number of aromatic amines is 1. The molecule has 4 nitrogen and oxygen atoms in total. The van der Waals surface area contributed by atoms with Crippen molar-refractivity contribution in [2.24, 2.45) is 0 Å². The molecule has 2 aromatic rings. The quantitative estimate of drug-likeness (QED) is 0.871. The number of H-pyrrole nitrogens is 1. The lowest BCUT2D eigenvalue weighted by molar-refractivity contribution is 0.974. The molecule has 78 valence electrons. The van der Waals surface area contributed by atoms with E-state index in [4.69, 9.17) is 23.2 Å². The molecule has 0 atom stereocenters. The SMILES string of the molecule is Clc1cnc(NCc2ccn[nH]2)c(Cl)c1. The van der Waals surface area contributed by atoms with Crippen LogP contribution in [0.3, 0.4) is 0 Å². The van der Waals surface area contributed by atoms with E-state index in [2.05, 4.69) is 20.5 Å². The first kappa shape index (κ1) is 10.3. The van der Waals surface area contributed by atoms with Crippen LogP contribution >= 0.6 is 23.2 Å². The fourth-order valence-electron chi connectivity index (χ4n) is 1.11. The Labute approximate surface area is 96.6 Å². The van der Waals surface area contributed by atoms with Crippen molar-refractivity contribution in [3.63, 3.8) is 0 Å². The number of nitrogens with zero attached hydrogens (tertiary/aromatic N) is 2. The summed E-state index contributed by atoms with van der Waals surface area (Å²) in [6, 6.07) is 3.52. The Balaban J connectivity index is 2.05. The van der Waals surface area contributed by atoms with Crippen molar-refractivity contribution in [2.45, 2.75) is 6.54 Å². The van der Waals surface area contributed by atoms with Gasteiger partial charge in [-0.3, -0.25) is 5.10 Å². The number of halogens is 2. The predicted octanol–water partition coefficient (Wildman–Crippen LogP) is 2.72. The second-order valence-electron chi connectivity index (χ2n) is 2.92. The Morgan fingerprint density at radius 1 is 1.40 bits per heavy atom. The normalized spacial score (nSPS) is 10.3. The lowest BCUT2D eigenvalue weighted by Gasteiger charge is -2.05. The van der Waals surface area contributed by atoms with Crippen LogP contribution in [-0.4, -0.2) is 15.2 Å². The fourth-order valence-corrected chi connectivity index (χ4v) is 1.55. The van der Waals surface area contributed by atoms with Crippen molar-refractivity contribution < 1.29 is 0 Å². The average molecular weight is 243 g/mol. The van der Waals surface area contributed by atoms with Gasteiger partial charge in [-0.2, -0.15) is 5.10 Å². The number of aromatic nitrogens is 3. The monoisotopic (exact) mass is 242 g/mol. The molecule has 2 N–H and O–H groups in total. The van der Waals surface area contributed by atoms with Crippen LogP contribution in [0.4, 0.5) is 5.82 Å². The highest BCUT2D eigenvalue weighted by molar-refractivity contribution is 6.35. The molecule has 0 bridgehead atoms. The molecule has 0 saturated carbocycles. The third-order valence-electron chi connectivity index (χ3n) is 1.81. The standard InChI is InChI=1S/C9H8Cl2N4/c10-6-3-8(11)9(12-4-6)13-5-7-1-2-14-15-7/h1-4H,5H2,(H,12,13)(H,14,15). The van der Waals surface area contributed by atoms with Gasteiger partial charge in [-0.05, 0) is 12.1 Å². The molecule has 0 saturated heterocycles. The van der Waals surface area contributed by atoms with Crippen LogP contribution in [0.2, 0.25) is 10.0 Å². The minimum atomic E-state index is 0.502. The van der Waals surface area contributed by atoms with Gasteiger partial charge < -0.3 is 5.32 Å². The predicted molar refractivity (Wildman–Crippen MR) is 60.2 cm³/mol. The summed E-state index contributed by atoms with van der Waals surface area (Å²) in [7, 11) is 0. The summed E-state index contributed by atoms with van der Waals surface area (Å²) in [5, 5.41) is 10.8. The number of nitrogens with one attached hydrogen (secondary N) is 2. The molecule has 0 aliphatic rings. The van der Waals surface area contributed by atoms with Gasteiger partial charge in [0, 0.05) is 12.4 Å². The lowest BCUT2D eigenvalue weighted by atomic mass is 10.4. The van der Waals surface area contributed by atoms with Gasteiger partial charge in [0.25, 0.3) is 0 Å². The molecule has 0 radical (unpaired) electrons. The van der Waals surface area contributed by atoms with Crippen molar-refractivity contribution in [1.82, 2.24) is 15.2 Å². The van der Waals surface area contributed by atoms with Crippen molar-refractivity contribution in [3.05, 3.63) is 40.3 Å². The van der Waals surface area contributed by atoms with Crippen LogP contribution in [0.1, 0.15) is 5.69 Å². The number of hydrogen-bond donors (Lipinski definition) is 2. The molecule has 2 rings (SSSR count). The minimum Gasteiger partial charge on any atom is -0.363 e. The molecular weight excluding hydrogens is 235 g/mol. The summed E-state index contributed by atoms with van der Waals surface area (Å²) < 4.78 is 0. The number of pyridine rings is 1. The maximum Gasteiger partial charge on any atom is 0.145 e. The zero-order valence-corrected chi connectivity index (χ0v) is 9.18. The molecule has 15 heavy (non-hydrogen) atoms. The Bertz CT molecular complexity index is 441. The van der Waals surface area contributed by atoms with Crippen LogP contribution in [-0.2, 0) is 6.54 Å². The lowest BCUT2D eigenvalue weighted by Crippen LogP contribution is -2.02. The van der Waals surface area contributed by atoms with E-state index >= 15 is 0 Å². The molecule has 2 aromatic heterocycles. The number of rotatable bonds is 3. The zero-order valence-electron chi connectivity index (χ0n) is 7.67. The molecule has 0 unspecified atom stereocenters. The van der Waals surface area contributed by atoms with E-state index < -0.39 is 0 Å². The summed E-state index contributed by atoms with van der Waals surface area (Å²) in [4.78, 5) is 4.07. The number of anilines is 1. The van der Waals surface area contributed by atoms with E-state index in [1.807, 2.05) is 6.07 Å². The molecule has 0 aliphatic heterocycles. The van der Waals surface area contributed by atoms with Gasteiger partial charge in [0.05, 0.1) is 22.3 Å². The van der Waals surface area contributed by atoms with Gasteiger partial charge in [-0.25, -0.2) is 4.98 Å². The first-order chi connectivity index (χ1) is 7.25. The fraction of sp³-hybridized carbons (Fsp3) is 0.111. The topological polar surface area (TPSA) is 53.6 Å². The summed E-state index contributed by atoms with van der Waals surface area (Å²) in [6.45, 7) is 0.592. The van der Waals surface area contributed by atoms with Gasteiger partial charge in [-0.15, -0.1) is 0 Å². The minimum absolute atomic E-state index is 0.502. The third-order valence-corrected chi connectivity index (χ3v) is 2.31. The Hall–Kier alpha value is -1.26. The molecule has 0 fully saturated rings. The van der Waals surface area contributed by atoms with E-state index in [1.165, 1.54) is 0 Å². The Morgan fingerprint density at radius 2 is 2.27 bits per heavy atom. The van der Waals surface area contributed by atoms with E-state index in [9.17, 15) is 0 Å². The van der Waals surface area contributed by atoms with Crippen molar-refractivity contribution in [3.8, 4) is 0 Å². The number of hydrogen-bond acceptors (Lipinski definition) is 3. The smallest absolute Gasteiger partial charge is 0.145 e. The maximum atomic E-state index is 5.93. The van der Waals surface area contributed by atoms with Gasteiger partial charge in [0.15, 0.2) is 0 Å². The van der Waals surface area contributed by atoms with Crippen LogP contribution in [0.15, 0.2) is 24.5 Å². The Morgan fingerprint density at radius 3 is 2.93 bits per heavy atom. The Kier molecular flexibility index (Phi) is 3.08. The largest absolute Gasteiger partial charge is 0.363 e. The first-order valence-electron chi connectivity index (χ1n) is 4.29. The van der Waals surface area contributed by atoms with Crippen LogP contribution in [0, 0.1) is 0 Å². The van der Waals surface area contributed by atoms with Crippen molar-refractivity contribution >= 4 is 29.0 Å². The highest BCUT2D eigenvalue weighted by Gasteiger charge is 2.02. The average Bonchev–Trinajstić information content (AvgIpc) is 2.69.